The Morgan fingerprint density at radius 3 is 2.20 bits per heavy atom. The normalized spacial score (nSPS) is 11.6. The summed E-state index contributed by atoms with van der Waals surface area (Å²) in [7, 11) is 0. The first-order valence-corrected chi connectivity index (χ1v) is 13.9. The van der Waals surface area contributed by atoms with Crippen LogP contribution in [0.1, 0.15) is 55.0 Å². The highest BCUT2D eigenvalue weighted by atomic mass is 19.4. The number of benzene rings is 3. The Balaban J connectivity index is 1.29. The Labute approximate surface area is 233 Å². The molecule has 40 heavy (non-hydrogen) atoms. The van der Waals surface area contributed by atoms with Gasteiger partial charge in [0.1, 0.15) is 17.3 Å². The zero-order valence-electron chi connectivity index (χ0n) is 22.8. The van der Waals surface area contributed by atoms with Crippen LogP contribution >= 0.6 is 0 Å². The van der Waals surface area contributed by atoms with Gasteiger partial charge >= 0.3 is 6.18 Å². The fourth-order valence-electron chi connectivity index (χ4n) is 4.57. The number of unbranched alkanes of at least 4 members (excludes halogenated alkanes) is 3. The second-order valence-electron chi connectivity index (χ2n) is 10.0. The smallest absolute Gasteiger partial charge is 0.422 e. The first-order valence-electron chi connectivity index (χ1n) is 13.9. The molecular weight excluding hydrogens is 518 g/mol. The third-order valence-electron chi connectivity index (χ3n) is 6.84. The van der Waals surface area contributed by atoms with E-state index < -0.39 is 12.8 Å². The van der Waals surface area contributed by atoms with Gasteiger partial charge < -0.3 is 9.47 Å². The molecular formula is C33H35F4NO2. The molecule has 3 nitrogen and oxygen atoms in total. The molecule has 0 aliphatic heterocycles. The molecule has 0 aliphatic rings. The summed E-state index contributed by atoms with van der Waals surface area (Å²) in [5, 5.41) is 1.43. The van der Waals surface area contributed by atoms with Crippen molar-refractivity contribution in [2.75, 3.05) is 13.2 Å². The van der Waals surface area contributed by atoms with Gasteiger partial charge in [0.05, 0.1) is 12.8 Å². The van der Waals surface area contributed by atoms with Crippen LogP contribution in [0.3, 0.4) is 0 Å². The SMILES string of the molecule is CCCCCCOc1ccc(CCc2ccc3c(F)c(CCc4ccc(OCC(F)(F)F)cc4)ccc3c2)nc1. The van der Waals surface area contributed by atoms with Gasteiger partial charge in [0.2, 0.25) is 0 Å². The number of hydrogen-bond acceptors (Lipinski definition) is 3. The summed E-state index contributed by atoms with van der Waals surface area (Å²) in [6.07, 6.45) is 4.71. The summed E-state index contributed by atoms with van der Waals surface area (Å²) in [5.41, 5.74) is 3.61. The van der Waals surface area contributed by atoms with Gasteiger partial charge in [-0.25, -0.2) is 4.39 Å². The van der Waals surface area contributed by atoms with Crippen molar-refractivity contribution in [1.29, 1.82) is 0 Å². The minimum absolute atomic E-state index is 0.156. The van der Waals surface area contributed by atoms with E-state index in [9.17, 15) is 13.2 Å². The van der Waals surface area contributed by atoms with E-state index in [2.05, 4.69) is 11.9 Å². The predicted molar refractivity (Wildman–Crippen MR) is 151 cm³/mol. The lowest BCUT2D eigenvalue weighted by Gasteiger charge is -2.11. The number of rotatable bonds is 14. The van der Waals surface area contributed by atoms with E-state index in [4.69, 9.17) is 9.47 Å². The van der Waals surface area contributed by atoms with Crippen LogP contribution in [-0.2, 0) is 25.7 Å². The van der Waals surface area contributed by atoms with Crippen molar-refractivity contribution in [2.45, 2.75) is 64.5 Å². The second kappa shape index (κ2) is 14.1. The number of aryl methyl sites for hydroxylation is 4. The van der Waals surface area contributed by atoms with Crippen LogP contribution in [0.15, 0.2) is 72.9 Å². The summed E-state index contributed by atoms with van der Waals surface area (Å²) in [5.74, 6) is 0.717. The lowest BCUT2D eigenvalue weighted by molar-refractivity contribution is -0.153. The Kier molecular flexibility index (Phi) is 10.4. The Morgan fingerprint density at radius 2 is 1.48 bits per heavy atom. The number of fused-ring (bicyclic) bond motifs is 1. The summed E-state index contributed by atoms with van der Waals surface area (Å²) >= 11 is 0. The van der Waals surface area contributed by atoms with E-state index >= 15 is 4.39 Å². The van der Waals surface area contributed by atoms with Crippen LogP contribution in [-0.4, -0.2) is 24.4 Å². The maximum Gasteiger partial charge on any atom is 0.422 e. The zero-order chi connectivity index (χ0) is 28.4. The van der Waals surface area contributed by atoms with Gasteiger partial charge in [0.15, 0.2) is 6.61 Å². The van der Waals surface area contributed by atoms with Crippen molar-refractivity contribution in [1.82, 2.24) is 4.98 Å². The summed E-state index contributed by atoms with van der Waals surface area (Å²) in [6.45, 7) is 1.58. The second-order valence-corrected chi connectivity index (χ2v) is 10.0. The third-order valence-corrected chi connectivity index (χ3v) is 6.84. The third kappa shape index (κ3) is 8.97. The Hall–Kier alpha value is -3.61. The Morgan fingerprint density at radius 1 is 0.725 bits per heavy atom. The van der Waals surface area contributed by atoms with Crippen LogP contribution in [0.5, 0.6) is 11.5 Å². The van der Waals surface area contributed by atoms with Crippen LogP contribution in [0.4, 0.5) is 17.6 Å². The highest BCUT2D eigenvalue weighted by molar-refractivity contribution is 5.84. The molecule has 1 heterocycles. The number of pyridine rings is 1. The molecule has 7 heteroatoms. The fourth-order valence-corrected chi connectivity index (χ4v) is 4.57. The van der Waals surface area contributed by atoms with Crippen molar-refractivity contribution in [3.63, 3.8) is 0 Å². The van der Waals surface area contributed by atoms with Gasteiger partial charge in [-0.3, -0.25) is 4.98 Å². The van der Waals surface area contributed by atoms with Gasteiger partial charge in [-0.2, -0.15) is 13.2 Å². The molecule has 1 aromatic heterocycles. The van der Waals surface area contributed by atoms with E-state index in [1.165, 1.54) is 31.4 Å². The standard InChI is InChI=1S/C33H35F4NO2/c1-2-3-4-5-20-39-30-18-15-28(38-22-30)14-7-25-10-19-31-27(21-25)13-12-26(32(31)34)11-6-24-8-16-29(17-9-24)40-23-33(35,36)37/h8-10,12-13,15-19,21-22H,2-7,11,14,20,23H2,1H3. The molecule has 0 N–H and O–H groups in total. The topological polar surface area (TPSA) is 31.4 Å². The van der Waals surface area contributed by atoms with E-state index in [1.807, 2.05) is 42.5 Å². The van der Waals surface area contributed by atoms with Crippen LogP contribution in [0.2, 0.25) is 0 Å². The number of nitrogens with zero attached hydrogens (tertiary/aromatic N) is 1. The highest BCUT2D eigenvalue weighted by Gasteiger charge is 2.28. The number of hydrogen-bond donors (Lipinski definition) is 0. The molecule has 4 rings (SSSR count). The number of halogens is 4. The lowest BCUT2D eigenvalue weighted by atomic mass is 9.98. The molecule has 212 valence electrons. The van der Waals surface area contributed by atoms with Gasteiger partial charge in [0.25, 0.3) is 0 Å². The maximum atomic E-state index is 15.3. The molecule has 4 aromatic rings. The van der Waals surface area contributed by atoms with Crippen molar-refractivity contribution in [3.05, 3.63) is 101 Å². The molecule has 0 spiro atoms. The van der Waals surface area contributed by atoms with Crippen LogP contribution in [0.25, 0.3) is 10.8 Å². The molecule has 0 radical (unpaired) electrons. The van der Waals surface area contributed by atoms with Gasteiger partial charge in [0, 0.05) is 11.1 Å². The van der Waals surface area contributed by atoms with E-state index in [0.29, 0.717) is 30.4 Å². The molecule has 3 aromatic carbocycles. The first kappa shape index (κ1) is 29.4. The summed E-state index contributed by atoms with van der Waals surface area (Å²) in [6, 6.07) is 20.0. The minimum Gasteiger partial charge on any atom is -0.492 e. The molecule has 0 aliphatic carbocycles. The van der Waals surface area contributed by atoms with E-state index in [-0.39, 0.29) is 11.6 Å². The minimum atomic E-state index is -4.38. The zero-order valence-corrected chi connectivity index (χ0v) is 22.8. The van der Waals surface area contributed by atoms with Crippen molar-refractivity contribution >= 4 is 10.8 Å². The molecule has 0 bridgehead atoms. The highest BCUT2D eigenvalue weighted by Crippen LogP contribution is 2.25. The predicted octanol–water partition coefficient (Wildman–Crippen LogP) is 8.84. The number of alkyl halides is 3. The number of ether oxygens (including phenoxy) is 2. The van der Waals surface area contributed by atoms with Crippen LogP contribution in [0, 0.1) is 5.82 Å². The lowest BCUT2D eigenvalue weighted by Crippen LogP contribution is -2.19. The summed E-state index contributed by atoms with van der Waals surface area (Å²) in [4.78, 5) is 4.53. The summed E-state index contributed by atoms with van der Waals surface area (Å²) < 4.78 is 62.7. The fraction of sp³-hybridized carbons (Fsp3) is 0.364. The molecule has 0 atom stereocenters. The van der Waals surface area contributed by atoms with E-state index in [0.717, 1.165) is 47.2 Å². The van der Waals surface area contributed by atoms with Crippen molar-refractivity contribution in [2.24, 2.45) is 0 Å². The molecule has 0 fully saturated rings. The van der Waals surface area contributed by atoms with Crippen molar-refractivity contribution < 1.29 is 27.0 Å². The van der Waals surface area contributed by atoms with Gasteiger partial charge in [-0.05, 0) is 78.4 Å². The van der Waals surface area contributed by atoms with Gasteiger partial charge in [-0.15, -0.1) is 0 Å². The average molecular weight is 554 g/mol. The number of aromatic nitrogens is 1. The van der Waals surface area contributed by atoms with Crippen LogP contribution < -0.4 is 9.47 Å². The average Bonchev–Trinajstić information content (AvgIpc) is 2.95. The monoisotopic (exact) mass is 553 g/mol. The molecule has 0 unspecified atom stereocenters. The molecule has 0 saturated carbocycles. The van der Waals surface area contributed by atoms with E-state index in [1.54, 1.807) is 18.3 Å². The largest absolute Gasteiger partial charge is 0.492 e. The molecule has 0 saturated heterocycles. The first-order chi connectivity index (χ1) is 19.3. The molecule has 0 amide bonds. The quantitative estimate of drug-likeness (QED) is 0.115. The van der Waals surface area contributed by atoms with Crippen molar-refractivity contribution in [3.8, 4) is 11.5 Å². The van der Waals surface area contributed by atoms with Gasteiger partial charge in [-0.1, -0.05) is 68.7 Å². The Bertz CT molecular complexity index is 1350. The maximum absolute atomic E-state index is 15.3.